The normalized spacial score (nSPS) is 25.7. The summed E-state index contributed by atoms with van der Waals surface area (Å²) >= 11 is 0. The molecule has 2 aliphatic heterocycles. The van der Waals surface area contributed by atoms with Crippen LogP contribution in [0.25, 0.3) is 0 Å². The SMILES string of the molecule is O=C(c1cocn1)N1C[C@@H]2COC[C@]2(COc2ncccc2F)C1. The van der Waals surface area contributed by atoms with Crippen LogP contribution < -0.4 is 4.74 Å². The first kappa shape index (κ1) is 15.1. The number of carbonyl (C=O) groups excluding carboxylic acids is 1. The molecule has 2 saturated heterocycles. The monoisotopic (exact) mass is 333 g/mol. The van der Waals surface area contributed by atoms with Crippen molar-refractivity contribution < 1.29 is 23.1 Å². The third-order valence-corrected chi connectivity index (χ3v) is 4.68. The van der Waals surface area contributed by atoms with E-state index >= 15 is 0 Å². The molecule has 1 amide bonds. The molecule has 0 aliphatic carbocycles. The molecule has 4 heterocycles. The van der Waals surface area contributed by atoms with Gasteiger partial charge in [-0.1, -0.05) is 0 Å². The minimum atomic E-state index is -0.502. The molecule has 2 aliphatic rings. The summed E-state index contributed by atoms with van der Waals surface area (Å²) in [7, 11) is 0. The van der Waals surface area contributed by atoms with Crippen LogP contribution in [0, 0.1) is 17.2 Å². The molecular formula is C16H16FN3O4. The van der Waals surface area contributed by atoms with Crippen LogP contribution in [0.4, 0.5) is 4.39 Å². The van der Waals surface area contributed by atoms with Gasteiger partial charge in [0.2, 0.25) is 5.88 Å². The van der Waals surface area contributed by atoms with Crippen molar-refractivity contribution in [3.05, 3.63) is 42.5 Å². The second-order valence-electron chi connectivity index (χ2n) is 6.21. The predicted molar refractivity (Wildman–Crippen MR) is 78.8 cm³/mol. The number of fused-ring (bicyclic) bond motifs is 1. The van der Waals surface area contributed by atoms with Crippen LogP contribution in [0.2, 0.25) is 0 Å². The number of oxazole rings is 1. The first-order chi connectivity index (χ1) is 11.7. The zero-order valence-corrected chi connectivity index (χ0v) is 12.9. The molecule has 0 spiro atoms. The van der Waals surface area contributed by atoms with Crippen LogP contribution in [-0.2, 0) is 4.74 Å². The van der Waals surface area contributed by atoms with Crippen LogP contribution in [-0.4, -0.2) is 53.7 Å². The highest BCUT2D eigenvalue weighted by molar-refractivity contribution is 5.92. The fourth-order valence-corrected chi connectivity index (χ4v) is 3.36. The lowest BCUT2D eigenvalue weighted by Gasteiger charge is -2.26. The average Bonchev–Trinajstić information content (AvgIpc) is 3.29. The summed E-state index contributed by atoms with van der Waals surface area (Å²) in [5.74, 6) is -0.571. The number of carbonyl (C=O) groups is 1. The van der Waals surface area contributed by atoms with Gasteiger partial charge in [0.15, 0.2) is 17.9 Å². The molecule has 2 aromatic heterocycles. The van der Waals surface area contributed by atoms with Gasteiger partial charge in [-0.05, 0) is 12.1 Å². The lowest BCUT2D eigenvalue weighted by Crippen LogP contribution is -2.38. The van der Waals surface area contributed by atoms with E-state index in [4.69, 9.17) is 13.9 Å². The van der Waals surface area contributed by atoms with Crippen molar-refractivity contribution in [3.8, 4) is 5.88 Å². The van der Waals surface area contributed by atoms with Crippen molar-refractivity contribution in [2.24, 2.45) is 11.3 Å². The maximum absolute atomic E-state index is 13.7. The highest BCUT2D eigenvalue weighted by Crippen LogP contribution is 2.42. The number of amides is 1. The van der Waals surface area contributed by atoms with Crippen LogP contribution >= 0.6 is 0 Å². The van der Waals surface area contributed by atoms with Crippen molar-refractivity contribution in [2.45, 2.75) is 0 Å². The zero-order chi connectivity index (χ0) is 16.6. The molecule has 0 saturated carbocycles. The number of halogens is 1. The second-order valence-corrected chi connectivity index (χ2v) is 6.21. The van der Waals surface area contributed by atoms with Gasteiger partial charge in [-0.15, -0.1) is 0 Å². The highest BCUT2D eigenvalue weighted by atomic mass is 19.1. The van der Waals surface area contributed by atoms with Crippen LogP contribution in [0.3, 0.4) is 0 Å². The second kappa shape index (κ2) is 5.86. The summed E-state index contributed by atoms with van der Waals surface area (Å²) in [4.78, 5) is 22.0. The largest absolute Gasteiger partial charge is 0.475 e. The standard InChI is InChI=1S/C16H16FN3O4/c17-12-2-1-3-18-14(12)24-9-16-7-20(4-11(16)5-22-8-16)15(21)13-6-23-10-19-13/h1-3,6,10-11H,4-5,7-9H2/t11-,16+/m1/s1. The van der Waals surface area contributed by atoms with Crippen LogP contribution in [0.1, 0.15) is 10.5 Å². The molecule has 2 fully saturated rings. The summed E-state index contributed by atoms with van der Waals surface area (Å²) in [6.07, 6.45) is 4.04. The van der Waals surface area contributed by atoms with E-state index in [1.165, 1.54) is 31.0 Å². The number of likely N-dealkylation sites (tertiary alicyclic amines) is 1. The van der Waals surface area contributed by atoms with E-state index in [9.17, 15) is 9.18 Å². The van der Waals surface area contributed by atoms with Crippen molar-refractivity contribution in [1.29, 1.82) is 0 Å². The molecule has 0 unspecified atom stereocenters. The van der Waals surface area contributed by atoms with E-state index in [1.54, 1.807) is 4.90 Å². The Hall–Kier alpha value is -2.48. The maximum Gasteiger partial charge on any atom is 0.275 e. The molecular weight excluding hydrogens is 317 g/mol. The number of pyridine rings is 1. The van der Waals surface area contributed by atoms with E-state index in [1.807, 2.05) is 0 Å². The Balaban J connectivity index is 1.49. The van der Waals surface area contributed by atoms with Gasteiger partial charge in [0.1, 0.15) is 6.26 Å². The first-order valence-electron chi connectivity index (χ1n) is 7.66. The lowest BCUT2D eigenvalue weighted by atomic mass is 9.82. The summed E-state index contributed by atoms with van der Waals surface area (Å²) in [5.41, 5.74) is -0.0775. The number of aromatic nitrogens is 2. The summed E-state index contributed by atoms with van der Waals surface area (Å²) < 4.78 is 29.8. The van der Waals surface area contributed by atoms with Gasteiger partial charge in [-0.3, -0.25) is 4.79 Å². The molecule has 0 N–H and O–H groups in total. The topological polar surface area (TPSA) is 77.7 Å². The Labute approximate surface area is 137 Å². The summed E-state index contributed by atoms with van der Waals surface area (Å²) in [6, 6.07) is 2.81. The number of rotatable bonds is 4. The number of hydrogen-bond acceptors (Lipinski definition) is 6. The quantitative estimate of drug-likeness (QED) is 0.841. The maximum atomic E-state index is 13.7. The van der Waals surface area contributed by atoms with Crippen molar-refractivity contribution in [3.63, 3.8) is 0 Å². The minimum absolute atomic E-state index is 0.0289. The molecule has 2 atom stereocenters. The molecule has 0 bridgehead atoms. The third-order valence-electron chi connectivity index (χ3n) is 4.68. The number of ether oxygens (including phenoxy) is 2. The minimum Gasteiger partial charge on any atom is -0.475 e. The predicted octanol–water partition coefficient (Wildman–Crippen LogP) is 1.38. The Morgan fingerprint density at radius 2 is 2.42 bits per heavy atom. The molecule has 0 aromatic carbocycles. The number of nitrogens with zero attached hydrogens (tertiary/aromatic N) is 3. The van der Waals surface area contributed by atoms with Gasteiger partial charge >= 0.3 is 0 Å². The molecule has 8 heteroatoms. The fourth-order valence-electron chi connectivity index (χ4n) is 3.36. The summed E-state index contributed by atoms with van der Waals surface area (Å²) in [5, 5.41) is 0. The Morgan fingerprint density at radius 3 is 3.21 bits per heavy atom. The van der Waals surface area contributed by atoms with E-state index < -0.39 is 5.82 Å². The molecule has 7 nitrogen and oxygen atoms in total. The van der Waals surface area contributed by atoms with Crippen LogP contribution in [0.15, 0.2) is 35.4 Å². The molecule has 2 aromatic rings. The Bertz CT molecular complexity index is 739. The molecule has 0 radical (unpaired) electrons. The van der Waals surface area contributed by atoms with Crippen molar-refractivity contribution in [1.82, 2.24) is 14.9 Å². The fraction of sp³-hybridized carbons (Fsp3) is 0.438. The smallest absolute Gasteiger partial charge is 0.275 e. The van der Waals surface area contributed by atoms with E-state index in [0.717, 1.165) is 0 Å². The molecule has 126 valence electrons. The van der Waals surface area contributed by atoms with Gasteiger partial charge in [-0.25, -0.2) is 14.4 Å². The van der Waals surface area contributed by atoms with Crippen molar-refractivity contribution >= 4 is 5.91 Å². The van der Waals surface area contributed by atoms with E-state index in [0.29, 0.717) is 26.3 Å². The van der Waals surface area contributed by atoms with Crippen LogP contribution in [0.5, 0.6) is 5.88 Å². The third kappa shape index (κ3) is 2.52. The van der Waals surface area contributed by atoms with Gasteiger partial charge in [0.05, 0.1) is 25.2 Å². The zero-order valence-electron chi connectivity index (χ0n) is 12.9. The van der Waals surface area contributed by atoms with Gasteiger partial charge in [-0.2, -0.15) is 0 Å². The summed E-state index contributed by atoms with van der Waals surface area (Å²) in [6.45, 7) is 2.29. The Morgan fingerprint density at radius 1 is 1.50 bits per heavy atom. The Kier molecular flexibility index (Phi) is 3.68. The molecule has 4 rings (SSSR count). The van der Waals surface area contributed by atoms with E-state index in [-0.39, 0.29) is 35.4 Å². The van der Waals surface area contributed by atoms with Gasteiger partial charge < -0.3 is 18.8 Å². The average molecular weight is 333 g/mol. The van der Waals surface area contributed by atoms with Crippen molar-refractivity contribution in [2.75, 3.05) is 32.9 Å². The van der Waals surface area contributed by atoms with E-state index in [2.05, 4.69) is 9.97 Å². The number of hydrogen-bond donors (Lipinski definition) is 0. The van der Waals surface area contributed by atoms with Gasteiger partial charge in [0, 0.05) is 25.2 Å². The first-order valence-corrected chi connectivity index (χ1v) is 7.66. The lowest BCUT2D eigenvalue weighted by molar-refractivity contribution is 0.0645. The highest BCUT2D eigenvalue weighted by Gasteiger charge is 2.53. The molecule has 24 heavy (non-hydrogen) atoms. The van der Waals surface area contributed by atoms with Gasteiger partial charge in [0.25, 0.3) is 5.91 Å².